The number of nitrogens with zero attached hydrogens (tertiary/aromatic N) is 4. The first-order valence-electron chi connectivity index (χ1n) is 15.2. The molecular formula is C33H41Cl2N5O3S. The Kier molecular flexibility index (Phi) is 11.5. The number of likely N-dealkylation sites (tertiary alicyclic amines) is 1. The summed E-state index contributed by atoms with van der Waals surface area (Å²) in [6, 6.07) is 15.8. The van der Waals surface area contributed by atoms with E-state index < -0.39 is 10.8 Å². The van der Waals surface area contributed by atoms with Gasteiger partial charge in [-0.1, -0.05) is 23.2 Å². The van der Waals surface area contributed by atoms with Crippen LogP contribution in [0.3, 0.4) is 0 Å². The zero-order chi connectivity index (χ0) is 31.1. The Balaban J connectivity index is 1.27. The van der Waals surface area contributed by atoms with Gasteiger partial charge in [-0.15, -0.1) is 0 Å². The number of carbonyl (C=O) groups excluding carboxylic acids is 1. The molecule has 3 heterocycles. The van der Waals surface area contributed by atoms with Crippen molar-refractivity contribution in [2.24, 2.45) is 5.92 Å². The molecule has 1 atom stereocenters. The van der Waals surface area contributed by atoms with E-state index in [1.165, 1.54) is 0 Å². The summed E-state index contributed by atoms with van der Waals surface area (Å²) in [5.41, 5.74) is 3.06. The van der Waals surface area contributed by atoms with Crippen molar-refractivity contribution in [2.75, 3.05) is 69.3 Å². The minimum atomic E-state index is -0.761. The van der Waals surface area contributed by atoms with Crippen LogP contribution < -0.4 is 15.0 Å². The molecule has 1 aromatic heterocycles. The van der Waals surface area contributed by atoms with Crippen molar-refractivity contribution in [3.63, 3.8) is 0 Å². The van der Waals surface area contributed by atoms with E-state index in [0.29, 0.717) is 21.7 Å². The predicted molar refractivity (Wildman–Crippen MR) is 180 cm³/mol. The Morgan fingerprint density at radius 1 is 0.932 bits per heavy atom. The largest absolute Gasteiger partial charge is 0.456 e. The van der Waals surface area contributed by atoms with Crippen LogP contribution in [-0.4, -0.2) is 89.3 Å². The van der Waals surface area contributed by atoms with Gasteiger partial charge in [-0.05, 0) is 97.1 Å². The van der Waals surface area contributed by atoms with Crippen molar-refractivity contribution in [3.05, 3.63) is 70.3 Å². The lowest BCUT2D eigenvalue weighted by atomic mass is 9.96. The molecular weight excluding hydrogens is 617 g/mol. The molecule has 0 saturated carbocycles. The van der Waals surface area contributed by atoms with Crippen LogP contribution in [0.2, 0.25) is 10.0 Å². The zero-order valence-corrected chi connectivity index (χ0v) is 27.8. The molecule has 2 aromatic carbocycles. The fourth-order valence-electron chi connectivity index (χ4n) is 5.81. The number of piperidine rings is 1. The summed E-state index contributed by atoms with van der Waals surface area (Å²) >= 11 is 12.7. The Morgan fingerprint density at radius 3 is 2.27 bits per heavy atom. The summed E-state index contributed by atoms with van der Waals surface area (Å²) in [5.74, 6) is 3.59. The number of hydrogen-bond donors (Lipinski definition) is 1. The van der Waals surface area contributed by atoms with Crippen LogP contribution in [0.15, 0.2) is 54.7 Å². The molecule has 2 saturated heterocycles. The Labute approximate surface area is 273 Å². The van der Waals surface area contributed by atoms with E-state index in [4.69, 9.17) is 32.9 Å². The van der Waals surface area contributed by atoms with E-state index >= 15 is 0 Å². The number of carbonyl (C=O) groups is 1. The van der Waals surface area contributed by atoms with Gasteiger partial charge in [0.05, 0.1) is 6.20 Å². The molecule has 2 aliphatic rings. The van der Waals surface area contributed by atoms with Crippen LogP contribution in [0, 0.1) is 5.92 Å². The van der Waals surface area contributed by atoms with Crippen molar-refractivity contribution < 1.29 is 13.7 Å². The fraction of sp³-hybridized carbons (Fsp3) is 0.455. The van der Waals surface area contributed by atoms with Crippen LogP contribution in [0.25, 0.3) is 11.1 Å². The maximum atomic E-state index is 11.4. The number of pyridine rings is 1. The van der Waals surface area contributed by atoms with E-state index in [1.54, 1.807) is 25.4 Å². The molecule has 0 bridgehead atoms. The third-order valence-corrected chi connectivity index (χ3v) is 9.46. The highest BCUT2D eigenvalue weighted by atomic mass is 35.5. The normalized spacial score (nSPS) is 17.4. The number of amides is 1. The standard InChI is InChI=1S/C33H41Cl2N5O3S/c1-24(41)36-21-25-5-7-39(8-6-25)23-26-15-27(28-17-29(34)20-30(35)18-28)19-32(16-26)43-31-3-4-33(37-22-31)40-11-9-38(10-12-40)13-14-44(2)42/h3-4,15-20,22,25H,5-14,21,23H2,1-2H3,(H,36,41). The van der Waals surface area contributed by atoms with Crippen molar-refractivity contribution in [2.45, 2.75) is 26.3 Å². The highest BCUT2D eigenvalue weighted by Gasteiger charge is 2.21. The molecule has 3 aromatic rings. The number of hydrogen-bond acceptors (Lipinski definition) is 7. The molecule has 2 aliphatic heterocycles. The maximum absolute atomic E-state index is 11.4. The third-order valence-electron chi connectivity index (χ3n) is 8.26. The second-order valence-electron chi connectivity index (χ2n) is 11.7. The van der Waals surface area contributed by atoms with E-state index in [2.05, 4.69) is 32.1 Å². The number of benzene rings is 2. The van der Waals surface area contributed by atoms with Crippen LogP contribution in [0.4, 0.5) is 5.82 Å². The number of halogens is 2. The van der Waals surface area contributed by atoms with Gasteiger partial charge in [0.2, 0.25) is 5.91 Å². The van der Waals surface area contributed by atoms with E-state index in [0.717, 1.165) is 106 Å². The molecule has 1 N–H and O–H groups in total. The first-order chi connectivity index (χ1) is 21.2. The van der Waals surface area contributed by atoms with Crippen molar-refractivity contribution in [3.8, 4) is 22.6 Å². The molecule has 0 aliphatic carbocycles. The second-order valence-corrected chi connectivity index (χ2v) is 14.2. The Bertz CT molecular complexity index is 1420. The van der Waals surface area contributed by atoms with Crippen LogP contribution in [-0.2, 0) is 22.1 Å². The molecule has 1 unspecified atom stereocenters. The number of ether oxygens (including phenoxy) is 1. The van der Waals surface area contributed by atoms with Gasteiger partial charge in [-0.25, -0.2) is 4.98 Å². The average Bonchev–Trinajstić information content (AvgIpc) is 3.00. The predicted octanol–water partition coefficient (Wildman–Crippen LogP) is 5.70. The van der Waals surface area contributed by atoms with Crippen LogP contribution in [0.1, 0.15) is 25.3 Å². The Morgan fingerprint density at radius 2 is 1.64 bits per heavy atom. The third kappa shape index (κ3) is 9.65. The van der Waals surface area contributed by atoms with Gasteiger partial charge in [0.1, 0.15) is 17.3 Å². The van der Waals surface area contributed by atoms with Crippen molar-refractivity contribution in [1.29, 1.82) is 0 Å². The van der Waals surface area contributed by atoms with Crippen molar-refractivity contribution in [1.82, 2.24) is 20.1 Å². The number of aromatic nitrogens is 1. The zero-order valence-electron chi connectivity index (χ0n) is 25.4. The summed E-state index contributed by atoms with van der Waals surface area (Å²) in [7, 11) is -0.761. The molecule has 8 nitrogen and oxygen atoms in total. The minimum absolute atomic E-state index is 0.0314. The quantitative estimate of drug-likeness (QED) is 0.284. The topological polar surface area (TPSA) is 78.0 Å². The smallest absolute Gasteiger partial charge is 0.216 e. The Hall–Kier alpha value is -2.69. The average molecular weight is 659 g/mol. The van der Waals surface area contributed by atoms with Crippen molar-refractivity contribution >= 4 is 45.7 Å². The van der Waals surface area contributed by atoms with E-state index in [9.17, 15) is 9.00 Å². The highest BCUT2D eigenvalue weighted by Crippen LogP contribution is 2.33. The first-order valence-corrected chi connectivity index (χ1v) is 17.7. The van der Waals surface area contributed by atoms with Gasteiger partial charge in [0.15, 0.2) is 0 Å². The van der Waals surface area contributed by atoms with Crippen LogP contribution in [0.5, 0.6) is 11.5 Å². The summed E-state index contributed by atoms with van der Waals surface area (Å²) < 4.78 is 17.8. The van der Waals surface area contributed by atoms with Gasteiger partial charge in [0, 0.05) is 85.6 Å². The van der Waals surface area contributed by atoms with Gasteiger partial charge < -0.3 is 15.0 Å². The minimum Gasteiger partial charge on any atom is -0.456 e. The lowest BCUT2D eigenvalue weighted by molar-refractivity contribution is -0.119. The molecule has 236 valence electrons. The van der Waals surface area contributed by atoms with Gasteiger partial charge in [0.25, 0.3) is 0 Å². The van der Waals surface area contributed by atoms with Crippen LogP contribution >= 0.6 is 23.2 Å². The lowest BCUT2D eigenvalue weighted by Gasteiger charge is -2.35. The summed E-state index contributed by atoms with van der Waals surface area (Å²) in [5, 5.41) is 4.13. The molecule has 0 radical (unpaired) electrons. The molecule has 2 fully saturated rings. The van der Waals surface area contributed by atoms with Gasteiger partial charge in [-0.2, -0.15) is 0 Å². The van der Waals surface area contributed by atoms with Gasteiger partial charge in [-0.3, -0.25) is 18.8 Å². The molecule has 0 spiro atoms. The van der Waals surface area contributed by atoms with E-state index in [1.807, 2.05) is 30.3 Å². The number of anilines is 1. The molecule has 11 heteroatoms. The number of piperazine rings is 1. The molecule has 1 amide bonds. The molecule has 44 heavy (non-hydrogen) atoms. The van der Waals surface area contributed by atoms with E-state index in [-0.39, 0.29) is 5.91 Å². The summed E-state index contributed by atoms with van der Waals surface area (Å²) in [6.45, 7) is 9.60. The monoisotopic (exact) mass is 657 g/mol. The SMILES string of the molecule is CC(=O)NCC1CCN(Cc2cc(Oc3ccc(N4CCN(CCS(C)=O)CC4)nc3)cc(-c3cc(Cl)cc(Cl)c3)c2)CC1. The number of rotatable bonds is 11. The van der Waals surface area contributed by atoms with Gasteiger partial charge >= 0.3 is 0 Å². The summed E-state index contributed by atoms with van der Waals surface area (Å²) in [6.07, 6.45) is 5.65. The number of nitrogens with one attached hydrogen (secondary N) is 1. The fourth-order valence-corrected chi connectivity index (χ4v) is 6.85. The first kappa shape index (κ1) is 32.7. The summed E-state index contributed by atoms with van der Waals surface area (Å²) in [4.78, 5) is 23.1. The molecule has 5 rings (SSSR count). The maximum Gasteiger partial charge on any atom is 0.216 e. The highest BCUT2D eigenvalue weighted by molar-refractivity contribution is 7.84. The lowest BCUT2D eigenvalue weighted by Crippen LogP contribution is -2.47. The second kappa shape index (κ2) is 15.5.